The zero-order valence-electron chi connectivity index (χ0n) is 10.8. The molecule has 0 saturated heterocycles. The third-order valence-electron chi connectivity index (χ3n) is 2.64. The lowest BCUT2D eigenvalue weighted by molar-refractivity contribution is 0.167. The Morgan fingerprint density at radius 3 is 3.00 bits per heavy atom. The Morgan fingerprint density at radius 1 is 1.50 bits per heavy atom. The molecule has 0 aliphatic rings. The Labute approximate surface area is 115 Å². The number of nitriles is 1. The second-order valence-electron chi connectivity index (χ2n) is 4.12. The van der Waals surface area contributed by atoms with Gasteiger partial charge in [-0.2, -0.15) is 10.2 Å². The average molecular weight is 275 g/mol. The molecule has 20 heavy (non-hydrogen) atoms. The third-order valence-corrected chi connectivity index (χ3v) is 2.64. The summed E-state index contributed by atoms with van der Waals surface area (Å²) in [5.41, 5.74) is 0.615. The van der Waals surface area contributed by atoms with Crippen LogP contribution in [0.1, 0.15) is 12.3 Å². The minimum Gasteiger partial charge on any atom is -0.504 e. The molecule has 0 aliphatic carbocycles. The van der Waals surface area contributed by atoms with Crippen molar-refractivity contribution in [3.05, 3.63) is 24.1 Å². The van der Waals surface area contributed by atoms with Gasteiger partial charge in [0.1, 0.15) is 0 Å². The van der Waals surface area contributed by atoms with Crippen LogP contribution in [-0.4, -0.2) is 33.6 Å². The van der Waals surface area contributed by atoms with Crippen LogP contribution in [0.5, 0.6) is 11.5 Å². The summed E-state index contributed by atoms with van der Waals surface area (Å²) in [7, 11) is 1.44. The van der Waals surface area contributed by atoms with Gasteiger partial charge < -0.3 is 19.5 Å². The lowest BCUT2D eigenvalue weighted by Gasteiger charge is -2.03. The Balaban J connectivity index is 2.18. The number of benzene rings is 1. The number of ether oxygens (including phenoxy) is 1. The second kappa shape index (κ2) is 6.04. The number of nitrogens with zero attached hydrogens (tertiary/aromatic N) is 3. The van der Waals surface area contributed by atoms with Crippen LogP contribution in [0.15, 0.2) is 22.7 Å². The topological polar surface area (TPSA) is 112 Å². The maximum Gasteiger partial charge on any atom is 0.229 e. The summed E-state index contributed by atoms with van der Waals surface area (Å²) in [4.78, 5) is 4.12. The molecule has 104 valence electrons. The first-order chi connectivity index (χ1) is 9.63. The van der Waals surface area contributed by atoms with E-state index >= 15 is 0 Å². The molecule has 1 atom stereocenters. The number of hydrogen-bond donors (Lipinski definition) is 2. The van der Waals surface area contributed by atoms with E-state index in [-0.39, 0.29) is 24.5 Å². The number of aromatic hydroxyl groups is 1. The number of rotatable bonds is 5. The SMILES string of the molecule is COc1cc(-c2noc(CC(O)CC#N)n2)ccc1O. The molecule has 1 unspecified atom stereocenters. The minimum atomic E-state index is -0.831. The van der Waals surface area contributed by atoms with Crippen molar-refractivity contribution in [3.63, 3.8) is 0 Å². The summed E-state index contributed by atoms with van der Waals surface area (Å²) in [6.45, 7) is 0. The maximum absolute atomic E-state index is 9.51. The lowest BCUT2D eigenvalue weighted by atomic mass is 10.2. The van der Waals surface area contributed by atoms with E-state index in [1.165, 1.54) is 13.2 Å². The molecule has 0 bridgehead atoms. The first-order valence-electron chi connectivity index (χ1n) is 5.89. The van der Waals surface area contributed by atoms with Gasteiger partial charge in [0, 0.05) is 5.56 Å². The van der Waals surface area contributed by atoms with Gasteiger partial charge in [0.05, 0.1) is 32.1 Å². The molecule has 7 nitrogen and oxygen atoms in total. The fourth-order valence-corrected chi connectivity index (χ4v) is 1.65. The molecule has 2 N–H and O–H groups in total. The van der Waals surface area contributed by atoms with Gasteiger partial charge >= 0.3 is 0 Å². The predicted octanol–water partition coefficient (Wildman–Crippen LogP) is 1.27. The van der Waals surface area contributed by atoms with Crippen LogP contribution in [0.25, 0.3) is 11.4 Å². The van der Waals surface area contributed by atoms with Gasteiger partial charge in [0.15, 0.2) is 11.5 Å². The Bertz CT molecular complexity index is 633. The van der Waals surface area contributed by atoms with E-state index in [0.717, 1.165) is 0 Å². The highest BCUT2D eigenvalue weighted by Crippen LogP contribution is 2.30. The van der Waals surface area contributed by atoms with Gasteiger partial charge in [0.25, 0.3) is 0 Å². The summed E-state index contributed by atoms with van der Waals surface area (Å²) in [6, 6.07) is 6.53. The fraction of sp³-hybridized carbons (Fsp3) is 0.308. The summed E-state index contributed by atoms with van der Waals surface area (Å²) < 4.78 is 10.0. The van der Waals surface area contributed by atoms with E-state index < -0.39 is 6.10 Å². The largest absolute Gasteiger partial charge is 0.504 e. The Kier molecular flexibility index (Phi) is 4.17. The molecule has 0 fully saturated rings. The summed E-state index contributed by atoms with van der Waals surface area (Å²) in [5.74, 6) is 0.889. The van der Waals surface area contributed by atoms with Crippen LogP contribution in [0.4, 0.5) is 0 Å². The van der Waals surface area contributed by atoms with Gasteiger partial charge in [-0.3, -0.25) is 0 Å². The predicted molar refractivity (Wildman–Crippen MR) is 67.9 cm³/mol. The zero-order valence-corrected chi connectivity index (χ0v) is 10.8. The number of phenolic OH excluding ortho intramolecular Hbond substituents is 1. The van der Waals surface area contributed by atoms with E-state index in [2.05, 4.69) is 10.1 Å². The highest BCUT2D eigenvalue weighted by Gasteiger charge is 2.14. The van der Waals surface area contributed by atoms with Crippen molar-refractivity contribution >= 4 is 0 Å². The number of aliphatic hydroxyl groups is 1. The van der Waals surface area contributed by atoms with Crippen molar-refractivity contribution in [1.29, 1.82) is 5.26 Å². The molecule has 2 aromatic rings. The quantitative estimate of drug-likeness (QED) is 0.844. The highest BCUT2D eigenvalue weighted by atomic mass is 16.5. The summed E-state index contributed by atoms with van der Waals surface area (Å²) >= 11 is 0. The lowest BCUT2D eigenvalue weighted by Crippen LogP contribution is -2.09. The van der Waals surface area contributed by atoms with E-state index in [4.69, 9.17) is 14.5 Å². The molecule has 0 aliphatic heterocycles. The van der Waals surface area contributed by atoms with Crippen molar-refractivity contribution in [2.45, 2.75) is 18.9 Å². The van der Waals surface area contributed by atoms with Gasteiger partial charge in [-0.05, 0) is 18.2 Å². The number of aromatic nitrogens is 2. The van der Waals surface area contributed by atoms with Gasteiger partial charge in [-0.15, -0.1) is 0 Å². The maximum atomic E-state index is 9.51. The summed E-state index contributed by atoms with van der Waals surface area (Å²) in [5, 5.41) is 31.3. The molecule has 0 amide bonds. The number of methoxy groups -OCH3 is 1. The zero-order chi connectivity index (χ0) is 14.5. The Hall–Kier alpha value is -2.59. The van der Waals surface area contributed by atoms with Gasteiger partial charge in [-0.25, -0.2) is 0 Å². The van der Waals surface area contributed by atoms with Crippen LogP contribution in [-0.2, 0) is 6.42 Å². The van der Waals surface area contributed by atoms with Crippen molar-refractivity contribution in [1.82, 2.24) is 10.1 Å². The third kappa shape index (κ3) is 3.05. The van der Waals surface area contributed by atoms with Crippen molar-refractivity contribution < 1.29 is 19.5 Å². The molecular weight excluding hydrogens is 262 g/mol. The number of aliphatic hydroxyl groups excluding tert-OH is 1. The van der Waals surface area contributed by atoms with E-state index in [1.54, 1.807) is 12.1 Å². The standard InChI is InChI=1S/C13H13N3O4/c1-19-11-6-8(2-3-10(11)18)13-15-12(20-16-13)7-9(17)4-5-14/h2-3,6,9,17-18H,4,7H2,1H3. The van der Waals surface area contributed by atoms with Crippen molar-refractivity contribution in [2.75, 3.05) is 7.11 Å². The molecule has 7 heteroatoms. The first kappa shape index (κ1) is 13.8. The van der Waals surface area contributed by atoms with Crippen molar-refractivity contribution in [3.8, 4) is 29.0 Å². The molecule has 1 aromatic heterocycles. The van der Waals surface area contributed by atoms with Gasteiger partial charge in [-0.1, -0.05) is 5.16 Å². The smallest absolute Gasteiger partial charge is 0.229 e. The minimum absolute atomic E-state index is 0.00471. The summed E-state index contributed by atoms with van der Waals surface area (Å²) in [6.07, 6.45) is -0.705. The van der Waals surface area contributed by atoms with Crippen LogP contribution >= 0.6 is 0 Å². The van der Waals surface area contributed by atoms with E-state index in [1.807, 2.05) is 6.07 Å². The fourth-order valence-electron chi connectivity index (χ4n) is 1.65. The molecular formula is C13H13N3O4. The molecule has 0 saturated carbocycles. The van der Waals surface area contributed by atoms with Crippen LogP contribution < -0.4 is 4.74 Å². The van der Waals surface area contributed by atoms with Crippen LogP contribution in [0.2, 0.25) is 0 Å². The molecule has 0 radical (unpaired) electrons. The van der Waals surface area contributed by atoms with Crippen LogP contribution in [0, 0.1) is 11.3 Å². The van der Waals surface area contributed by atoms with E-state index in [0.29, 0.717) is 17.1 Å². The average Bonchev–Trinajstić information content (AvgIpc) is 2.88. The van der Waals surface area contributed by atoms with Crippen molar-refractivity contribution in [2.24, 2.45) is 0 Å². The second-order valence-corrected chi connectivity index (χ2v) is 4.12. The monoisotopic (exact) mass is 275 g/mol. The Morgan fingerprint density at radius 2 is 2.30 bits per heavy atom. The number of phenols is 1. The van der Waals surface area contributed by atoms with Gasteiger partial charge in [0.2, 0.25) is 11.7 Å². The molecule has 1 aromatic carbocycles. The number of hydrogen-bond acceptors (Lipinski definition) is 7. The molecule has 2 rings (SSSR count). The van der Waals surface area contributed by atoms with Crippen LogP contribution in [0.3, 0.4) is 0 Å². The first-order valence-corrected chi connectivity index (χ1v) is 5.89. The normalized spacial score (nSPS) is 11.8. The molecule has 0 spiro atoms. The van der Waals surface area contributed by atoms with E-state index in [9.17, 15) is 10.2 Å². The highest BCUT2D eigenvalue weighted by molar-refractivity contribution is 5.60. The molecule has 1 heterocycles.